The van der Waals surface area contributed by atoms with Crippen LogP contribution in [0.3, 0.4) is 0 Å². The minimum atomic E-state index is -0.899. The summed E-state index contributed by atoms with van der Waals surface area (Å²) in [6.45, 7) is 2.22. The number of methoxy groups -OCH3 is 3. The van der Waals surface area contributed by atoms with E-state index < -0.39 is 37.7 Å². The van der Waals surface area contributed by atoms with Crippen molar-refractivity contribution < 1.29 is 28.6 Å². The standard InChI is InChI=1S/C27H40O6Se/c1-5-6-7-8-9-10-11-12-13-17-20-22(25(28)31-2)23(26(29)32-3)24(27(30)33-4)34-21-18-15-14-16-19-21/h14-16,18-19,24H,5-13,17,20H2,1-4H3. The zero-order chi connectivity index (χ0) is 25.2. The molecular weight excluding hydrogens is 499 g/mol. The predicted octanol–water partition coefficient (Wildman–Crippen LogP) is 4.93. The van der Waals surface area contributed by atoms with Crippen LogP contribution >= 0.6 is 0 Å². The third kappa shape index (κ3) is 10.9. The molecule has 0 fully saturated rings. The van der Waals surface area contributed by atoms with Crippen LogP contribution in [0, 0.1) is 0 Å². The van der Waals surface area contributed by atoms with Gasteiger partial charge in [0.25, 0.3) is 0 Å². The summed E-state index contributed by atoms with van der Waals surface area (Å²) in [5.74, 6) is -1.86. The summed E-state index contributed by atoms with van der Waals surface area (Å²) in [5.41, 5.74) is 0.267. The van der Waals surface area contributed by atoms with Gasteiger partial charge < -0.3 is 0 Å². The molecule has 1 aromatic carbocycles. The van der Waals surface area contributed by atoms with E-state index in [0.29, 0.717) is 6.42 Å². The van der Waals surface area contributed by atoms with Crippen LogP contribution in [0.5, 0.6) is 0 Å². The molecule has 0 aromatic heterocycles. The second-order valence-corrected chi connectivity index (χ2v) is 10.6. The van der Waals surface area contributed by atoms with E-state index in [1.807, 2.05) is 30.3 Å². The fourth-order valence-electron chi connectivity index (χ4n) is 3.72. The summed E-state index contributed by atoms with van der Waals surface area (Å²) in [4.78, 5) is 37.4. The van der Waals surface area contributed by atoms with E-state index in [2.05, 4.69) is 6.92 Å². The third-order valence-electron chi connectivity index (χ3n) is 5.62. The average Bonchev–Trinajstić information content (AvgIpc) is 2.87. The monoisotopic (exact) mass is 540 g/mol. The van der Waals surface area contributed by atoms with Crippen molar-refractivity contribution in [3.05, 3.63) is 41.5 Å². The van der Waals surface area contributed by atoms with Gasteiger partial charge in [-0.2, -0.15) is 0 Å². The summed E-state index contributed by atoms with van der Waals surface area (Å²) in [6, 6.07) is 9.42. The van der Waals surface area contributed by atoms with E-state index in [1.54, 1.807) is 0 Å². The van der Waals surface area contributed by atoms with Crippen molar-refractivity contribution in [2.24, 2.45) is 0 Å². The minimum absolute atomic E-state index is 0.0565. The molecule has 190 valence electrons. The molecule has 34 heavy (non-hydrogen) atoms. The van der Waals surface area contributed by atoms with E-state index in [-0.39, 0.29) is 11.1 Å². The van der Waals surface area contributed by atoms with Gasteiger partial charge in [0.05, 0.1) is 0 Å². The van der Waals surface area contributed by atoms with Crippen molar-refractivity contribution in [2.75, 3.05) is 21.3 Å². The van der Waals surface area contributed by atoms with Crippen LogP contribution in [-0.2, 0) is 28.6 Å². The number of hydrogen-bond donors (Lipinski definition) is 0. The first-order chi connectivity index (χ1) is 16.5. The molecule has 1 aromatic rings. The van der Waals surface area contributed by atoms with Gasteiger partial charge in [-0.15, -0.1) is 0 Å². The zero-order valence-corrected chi connectivity index (χ0v) is 22.8. The molecule has 0 aliphatic heterocycles. The van der Waals surface area contributed by atoms with Crippen molar-refractivity contribution >= 4 is 37.3 Å². The first kappa shape index (κ1) is 29.9. The van der Waals surface area contributed by atoms with Crippen LogP contribution in [0.25, 0.3) is 0 Å². The molecule has 0 spiro atoms. The number of ether oxygens (including phenoxy) is 3. The van der Waals surface area contributed by atoms with Crippen molar-refractivity contribution in [3.8, 4) is 0 Å². The molecular formula is C27H40O6Se. The van der Waals surface area contributed by atoms with Crippen molar-refractivity contribution in [3.63, 3.8) is 0 Å². The Kier molecular flexibility index (Phi) is 16.1. The third-order valence-corrected chi connectivity index (χ3v) is 8.15. The molecule has 7 heteroatoms. The Morgan fingerprint density at radius 3 is 1.76 bits per heavy atom. The molecule has 0 aliphatic carbocycles. The summed E-state index contributed by atoms with van der Waals surface area (Å²) in [5, 5.41) is 0. The number of hydrogen-bond acceptors (Lipinski definition) is 6. The Morgan fingerprint density at radius 2 is 1.26 bits per heavy atom. The van der Waals surface area contributed by atoms with Gasteiger partial charge in [-0.3, -0.25) is 0 Å². The van der Waals surface area contributed by atoms with Crippen molar-refractivity contribution in [2.45, 2.75) is 82.4 Å². The molecule has 6 nitrogen and oxygen atoms in total. The van der Waals surface area contributed by atoms with Gasteiger partial charge in [0.2, 0.25) is 0 Å². The summed E-state index contributed by atoms with van der Waals surface area (Å²) < 4.78 is 15.9. The first-order valence-corrected chi connectivity index (χ1v) is 14.0. The van der Waals surface area contributed by atoms with Crippen molar-refractivity contribution in [1.29, 1.82) is 0 Å². The first-order valence-electron chi connectivity index (χ1n) is 12.2. The number of unbranched alkanes of at least 4 members (excludes halogenated alkanes) is 9. The average molecular weight is 540 g/mol. The Bertz CT molecular complexity index is 775. The molecule has 0 aliphatic rings. The molecule has 0 heterocycles. The summed E-state index contributed by atoms with van der Waals surface area (Å²) in [6.07, 6.45) is 11.9. The Balaban J connectivity index is 2.96. The van der Waals surface area contributed by atoms with Crippen LogP contribution < -0.4 is 4.46 Å². The fraction of sp³-hybridized carbons (Fsp3) is 0.593. The van der Waals surface area contributed by atoms with Gasteiger partial charge in [-0.1, -0.05) is 19.8 Å². The van der Waals surface area contributed by atoms with Crippen LogP contribution in [0.2, 0.25) is 4.82 Å². The van der Waals surface area contributed by atoms with E-state index in [0.717, 1.165) is 30.1 Å². The number of benzene rings is 1. The molecule has 0 N–H and O–H groups in total. The predicted molar refractivity (Wildman–Crippen MR) is 135 cm³/mol. The van der Waals surface area contributed by atoms with E-state index in [4.69, 9.17) is 14.2 Å². The molecule has 1 unspecified atom stereocenters. The van der Waals surface area contributed by atoms with Gasteiger partial charge >= 0.3 is 191 Å². The molecule has 1 atom stereocenters. The van der Waals surface area contributed by atoms with Gasteiger partial charge in [0.1, 0.15) is 0 Å². The number of esters is 3. The van der Waals surface area contributed by atoms with Crippen LogP contribution in [-0.4, -0.2) is 54.2 Å². The maximum atomic E-state index is 12.8. The van der Waals surface area contributed by atoms with Crippen LogP contribution in [0.4, 0.5) is 0 Å². The van der Waals surface area contributed by atoms with E-state index >= 15 is 0 Å². The number of rotatable bonds is 17. The van der Waals surface area contributed by atoms with Gasteiger partial charge in [-0.25, -0.2) is 0 Å². The van der Waals surface area contributed by atoms with Crippen molar-refractivity contribution in [1.82, 2.24) is 0 Å². The van der Waals surface area contributed by atoms with Gasteiger partial charge in [0.15, 0.2) is 0 Å². The summed E-state index contributed by atoms with van der Waals surface area (Å²) in [7, 11) is 3.82. The van der Waals surface area contributed by atoms with Gasteiger partial charge in [-0.05, 0) is 0 Å². The maximum absolute atomic E-state index is 12.8. The quantitative estimate of drug-likeness (QED) is 0.0919. The second kappa shape index (κ2) is 18.2. The number of carbonyl (C=O) groups excluding carboxylic acids is 3. The molecule has 1 rings (SSSR count). The Hall–Kier alpha value is -2.11. The molecule has 0 amide bonds. The van der Waals surface area contributed by atoms with E-state index in [9.17, 15) is 14.4 Å². The zero-order valence-electron chi connectivity index (χ0n) is 21.1. The molecule has 0 saturated heterocycles. The van der Waals surface area contributed by atoms with Gasteiger partial charge in [0, 0.05) is 0 Å². The normalized spacial score (nSPS) is 12.5. The molecule has 0 radical (unpaired) electrons. The Labute approximate surface area is 211 Å². The summed E-state index contributed by atoms with van der Waals surface area (Å²) >= 11 is -0.477. The molecule has 0 bridgehead atoms. The Morgan fingerprint density at radius 1 is 0.735 bits per heavy atom. The topological polar surface area (TPSA) is 78.9 Å². The van der Waals surface area contributed by atoms with E-state index in [1.165, 1.54) is 59.9 Å². The van der Waals surface area contributed by atoms with Crippen LogP contribution in [0.15, 0.2) is 41.5 Å². The number of carbonyl (C=O) groups is 3. The molecule has 0 saturated carbocycles. The van der Waals surface area contributed by atoms with Crippen LogP contribution in [0.1, 0.15) is 77.6 Å². The second-order valence-electron chi connectivity index (χ2n) is 8.14. The fourth-order valence-corrected chi connectivity index (χ4v) is 6.11. The SMILES string of the molecule is CCCCCCCCCCCCC(C(=O)OC)=C(C(=O)OC)C([Se]c1ccccc1)C(=O)OC.